The molecule has 7 heteroatoms. The summed E-state index contributed by atoms with van der Waals surface area (Å²) in [5, 5.41) is 3.51. The Bertz CT molecular complexity index is 1260. The van der Waals surface area contributed by atoms with E-state index in [-0.39, 0.29) is 12.0 Å². The third kappa shape index (κ3) is 4.51. The number of anilines is 2. The maximum Gasteiger partial charge on any atom is 0.229 e. The number of nitrogens with zero attached hydrogens (tertiary/aromatic N) is 5. The first-order chi connectivity index (χ1) is 16.6. The highest BCUT2D eigenvalue weighted by atomic mass is 16.1. The molecule has 0 radical (unpaired) electrons. The highest BCUT2D eigenvalue weighted by Crippen LogP contribution is 2.27. The van der Waals surface area contributed by atoms with E-state index < -0.39 is 0 Å². The van der Waals surface area contributed by atoms with E-state index in [1.165, 1.54) is 16.7 Å². The molecule has 5 rings (SSSR count). The van der Waals surface area contributed by atoms with Crippen molar-refractivity contribution in [1.29, 1.82) is 0 Å². The smallest absolute Gasteiger partial charge is 0.229 e. The van der Waals surface area contributed by atoms with Gasteiger partial charge in [0.25, 0.3) is 0 Å². The second-order valence-electron chi connectivity index (χ2n) is 9.17. The fourth-order valence-corrected chi connectivity index (χ4v) is 4.41. The van der Waals surface area contributed by atoms with Gasteiger partial charge in [-0.1, -0.05) is 54.6 Å². The molecule has 2 aromatic heterocycles. The van der Waals surface area contributed by atoms with Gasteiger partial charge in [0, 0.05) is 31.6 Å². The number of imidazole rings is 1. The third-order valence-electron chi connectivity index (χ3n) is 6.50. The molecule has 4 aromatic rings. The van der Waals surface area contributed by atoms with E-state index >= 15 is 0 Å². The Hall–Kier alpha value is -3.74. The molecule has 34 heavy (non-hydrogen) atoms. The van der Waals surface area contributed by atoms with E-state index in [1.807, 2.05) is 12.4 Å². The van der Waals surface area contributed by atoms with E-state index in [0.717, 1.165) is 49.2 Å². The molecule has 0 bridgehead atoms. The number of carbonyl (C=O) groups excluding carboxylic acids is 1. The van der Waals surface area contributed by atoms with Gasteiger partial charge in [-0.2, -0.15) is 9.97 Å². The zero-order valence-electron chi connectivity index (χ0n) is 19.7. The molecule has 1 N–H and O–H groups in total. The van der Waals surface area contributed by atoms with Crippen LogP contribution in [0.3, 0.4) is 0 Å². The Morgan fingerprint density at radius 3 is 2.38 bits per heavy atom. The predicted octanol–water partition coefficient (Wildman–Crippen LogP) is 5.10. The van der Waals surface area contributed by atoms with Crippen molar-refractivity contribution >= 4 is 29.2 Å². The molecule has 0 amide bonds. The number of aromatic nitrogens is 4. The lowest BCUT2D eigenvalue weighted by Gasteiger charge is -2.30. The number of hydrogen-bond acceptors (Lipinski definition) is 6. The van der Waals surface area contributed by atoms with Gasteiger partial charge < -0.3 is 19.6 Å². The van der Waals surface area contributed by atoms with Crippen LogP contribution in [0.15, 0.2) is 60.9 Å². The van der Waals surface area contributed by atoms with Gasteiger partial charge >= 0.3 is 0 Å². The second-order valence-corrected chi connectivity index (χ2v) is 9.17. The highest BCUT2D eigenvalue weighted by Gasteiger charge is 2.23. The molecule has 3 heterocycles. The lowest BCUT2D eigenvalue weighted by molar-refractivity contribution is -0.111. The first-order valence-corrected chi connectivity index (χ1v) is 12.0. The molecule has 7 nitrogen and oxygen atoms in total. The Morgan fingerprint density at radius 1 is 1.00 bits per heavy atom. The maximum absolute atomic E-state index is 11.2. The van der Waals surface area contributed by atoms with Crippen LogP contribution >= 0.6 is 0 Å². The largest absolute Gasteiger partial charge is 0.364 e. The standard InChI is InChI=1S/C27H30N6O/c1-19(2)33-18-29-24-25(30-27(31-26(24)33)32-14-12-21(17-34)13-15-32)28-16-20-8-10-23(11-9-20)22-6-4-3-5-7-22/h3-11,17-19,21H,12-16H2,1-2H3,(H,28,30,31). The minimum absolute atomic E-state index is 0.137. The minimum Gasteiger partial charge on any atom is -0.364 e. The van der Waals surface area contributed by atoms with Gasteiger partial charge in [-0.15, -0.1) is 0 Å². The first kappa shape index (κ1) is 22.1. The molecule has 1 aliphatic rings. The van der Waals surface area contributed by atoms with Gasteiger partial charge in [0.2, 0.25) is 5.95 Å². The highest BCUT2D eigenvalue weighted by molar-refractivity contribution is 5.84. The zero-order valence-corrected chi connectivity index (χ0v) is 19.7. The van der Waals surface area contributed by atoms with Crippen molar-refractivity contribution in [3.8, 4) is 11.1 Å². The van der Waals surface area contributed by atoms with E-state index in [1.54, 1.807) is 0 Å². The van der Waals surface area contributed by atoms with Crippen molar-refractivity contribution in [3.63, 3.8) is 0 Å². The molecule has 1 aliphatic heterocycles. The van der Waals surface area contributed by atoms with Crippen LogP contribution in [0.1, 0.15) is 38.3 Å². The lowest BCUT2D eigenvalue weighted by Crippen LogP contribution is -2.35. The molecule has 1 saturated heterocycles. The van der Waals surface area contributed by atoms with Gasteiger partial charge in [-0.3, -0.25) is 0 Å². The number of aldehydes is 1. The van der Waals surface area contributed by atoms with Crippen LogP contribution in [-0.2, 0) is 11.3 Å². The number of hydrogen-bond donors (Lipinski definition) is 1. The molecule has 1 fully saturated rings. The molecule has 2 aromatic carbocycles. The summed E-state index contributed by atoms with van der Waals surface area (Å²) >= 11 is 0. The summed E-state index contributed by atoms with van der Waals surface area (Å²) < 4.78 is 2.08. The Kier molecular flexibility index (Phi) is 6.25. The minimum atomic E-state index is 0.137. The number of nitrogens with one attached hydrogen (secondary N) is 1. The summed E-state index contributed by atoms with van der Waals surface area (Å²) in [4.78, 5) is 27.7. The number of rotatable bonds is 7. The summed E-state index contributed by atoms with van der Waals surface area (Å²) in [5.74, 6) is 1.57. The van der Waals surface area contributed by atoms with Gasteiger partial charge in [0.05, 0.1) is 6.33 Å². The Balaban J connectivity index is 1.40. The quantitative estimate of drug-likeness (QED) is 0.392. The Labute approximate surface area is 199 Å². The second kappa shape index (κ2) is 9.63. The van der Waals surface area contributed by atoms with Gasteiger partial charge in [-0.25, -0.2) is 4.98 Å². The zero-order chi connectivity index (χ0) is 23.5. The van der Waals surface area contributed by atoms with Crippen molar-refractivity contribution in [2.45, 2.75) is 39.3 Å². The summed E-state index contributed by atoms with van der Waals surface area (Å²) in [6.45, 7) is 6.46. The molecular weight excluding hydrogens is 424 g/mol. The van der Waals surface area contributed by atoms with Crippen LogP contribution in [0.25, 0.3) is 22.3 Å². The van der Waals surface area contributed by atoms with Crippen LogP contribution in [0, 0.1) is 5.92 Å². The molecular formula is C27H30N6O. The number of benzene rings is 2. The van der Waals surface area contributed by atoms with Crippen molar-refractivity contribution in [2.75, 3.05) is 23.3 Å². The van der Waals surface area contributed by atoms with Gasteiger partial charge in [0.1, 0.15) is 6.29 Å². The topological polar surface area (TPSA) is 75.9 Å². The first-order valence-electron chi connectivity index (χ1n) is 12.0. The van der Waals surface area contributed by atoms with E-state index in [2.05, 4.69) is 82.1 Å². The lowest BCUT2D eigenvalue weighted by atomic mass is 9.99. The number of piperidine rings is 1. The molecule has 0 atom stereocenters. The average molecular weight is 455 g/mol. The fraction of sp³-hybridized carbons (Fsp3) is 0.333. The predicted molar refractivity (Wildman–Crippen MR) is 136 cm³/mol. The molecule has 174 valence electrons. The third-order valence-corrected chi connectivity index (χ3v) is 6.50. The average Bonchev–Trinajstić information content (AvgIpc) is 3.33. The van der Waals surface area contributed by atoms with Crippen LogP contribution in [0.2, 0.25) is 0 Å². The monoisotopic (exact) mass is 454 g/mol. The molecule has 0 spiro atoms. The van der Waals surface area contributed by atoms with Crippen molar-refractivity contribution in [3.05, 3.63) is 66.5 Å². The van der Waals surface area contributed by atoms with E-state index in [4.69, 9.17) is 9.97 Å². The fourth-order valence-electron chi connectivity index (χ4n) is 4.41. The van der Waals surface area contributed by atoms with Gasteiger partial charge in [-0.05, 0) is 43.4 Å². The summed E-state index contributed by atoms with van der Waals surface area (Å²) in [6.07, 6.45) is 4.59. The summed E-state index contributed by atoms with van der Waals surface area (Å²) in [5.41, 5.74) is 5.19. The van der Waals surface area contributed by atoms with E-state index in [0.29, 0.717) is 12.5 Å². The SMILES string of the molecule is CC(C)n1cnc2c(NCc3ccc(-c4ccccc4)cc3)nc(N3CCC(C=O)CC3)nc21. The Morgan fingerprint density at radius 2 is 1.71 bits per heavy atom. The van der Waals surface area contributed by atoms with Crippen LogP contribution in [0.4, 0.5) is 11.8 Å². The molecule has 0 unspecified atom stereocenters. The molecule has 0 saturated carbocycles. The van der Waals surface area contributed by atoms with Crippen molar-refractivity contribution in [1.82, 2.24) is 19.5 Å². The van der Waals surface area contributed by atoms with Gasteiger partial charge in [0.15, 0.2) is 17.0 Å². The number of fused-ring (bicyclic) bond motifs is 1. The maximum atomic E-state index is 11.2. The van der Waals surface area contributed by atoms with Crippen molar-refractivity contribution in [2.24, 2.45) is 5.92 Å². The van der Waals surface area contributed by atoms with Crippen LogP contribution in [0.5, 0.6) is 0 Å². The summed E-state index contributed by atoms with van der Waals surface area (Å²) in [7, 11) is 0. The van der Waals surface area contributed by atoms with Crippen LogP contribution < -0.4 is 10.2 Å². The summed E-state index contributed by atoms with van der Waals surface area (Å²) in [6, 6.07) is 19.2. The molecule has 0 aliphatic carbocycles. The van der Waals surface area contributed by atoms with E-state index in [9.17, 15) is 4.79 Å². The normalized spacial score (nSPS) is 14.6. The number of carbonyl (C=O) groups is 1. The van der Waals surface area contributed by atoms with Crippen LogP contribution in [-0.4, -0.2) is 38.9 Å². The van der Waals surface area contributed by atoms with Crippen molar-refractivity contribution < 1.29 is 4.79 Å².